The highest BCUT2D eigenvalue weighted by Crippen LogP contribution is 2.28. The van der Waals surface area contributed by atoms with Crippen LogP contribution in [0.5, 0.6) is 11.5 Å². The highest BCUT2D eigenvalue weighted by atomic mass is 16.5. The fraction of sp³-hybridized carbons (Fsp3) is 0.619. The van der Waals surface area contributed by atoms with E-state index in [1.54, 1.807) is 25.3 Å². The summed E-state index contributed by atoms with van der Waals surface area (Å²) in [5.41, 5.74) is 0.589. The van der Waals surface area contributed by atoms with Crippen LogP contribution >= 0.6 is 0 Å². The van der Waals surface area contributed by atoms with Crippen LogP contribution in [0.4, 0.5) is 0 Å². The predicted molar refractivity (Wildman–Crippen MR) is 106 cm³/mol. The number of rotatable bonds is 10. The molecule has 1 saturated heterocycles. The normalized spacial score (nSPS) is 14.6. The summed E-state index contributed by atoms with van der Waals surface area (Å²) >= 11 is 0. The van der Waals surface area contributed by atoms with Crippen molar-refractivity contribution in [3.63, 3.8) is 0 Å². The number of carbonyl (C=O) groups excluding carboxylic acids is 2. The number of hydrogen-bond acceptors (Lipinski definition) is 5. The lowest BCUT2D eigenvalue weighted by molar-refractivity contribution is -0.134. The fourth-order valence-corrected chi connectivity index (χ4v) is 3.43. The van der Waals surface area contributed by atoms with E-state index in [9.17, 15) is 9.59 Å². The Kier molecular flexibility index (Phi) is 8.58. The molecule has 1 fully saturated rings. The van der Waals surface area contributed by atoms with Crippen molar-refractivity contribution in [3.05, 3.63) is 23.8 Å². The number of Topliss-reactive ketones (excluding diaryl/α,β-unsaturated/α-hetero) is 1. The Morgan fingerprint density at radius 3 is 2.59 bits per heavy atom. The summed E-state index contributed by atoms with van der Waals surface area (Å²) < 4.78 is 11.1. The Bertz CT molecular complexity index is 627. The minimum absolute atomic E-state index is 0.0145. The summed E-state index contributed by atoms with van der Waals surface area (Å²) in [6.45, 7) is 6.86. The molecule has 1 amide bonds. The van der Waals surface area contributed by atoms with E-state index in [1.807, 2.05) is 0 Å². The maximum absolute atomic E-state index is 12.7. The summed E-state index contributed by atoms with van der Waals surface area (Å²) in [6, 6.07) is 5.52. The molecule has 27 heavy (non-hydrogen) atoms. The highest BCUT2D eigenvalue weighted by molar-refractivity contribution is 5.94. The zero-order chi connectivity index (χ0) is 19.6. The molecule has 1 heterocycles. The van der Waals surface area contributed by atoms with Gasteiger partial charge in [0.2, 0.25) is 5.91 Å². The molecule has 2 rings (SSSR count). The standard InChI is InChI=1S/C21H32N2O4/c1-4-13-23(18-9-11-22-12-10-18)21(25)6-5-14-27-19-8-7-17(16(2)24)15-20(19)26-3/h7-8,15,18,22H,4-6,9-14H2,1-3H3. The summed E-state index contributed by atoms with van der Waals surface area (Å²) in [7, 11) is 1.55. The van der Waals surface area contributed by atoms with Crippen LogP contribution in [0.25, 0.3) is 0 Å². The van der Waals surface area contributed by atoms with Crippen molar-refractivity contribution in [1.29, 1.82) is 0 Å². The van der Waals surface area contributed by atoms with Crippen LogP contribution in [0.3, 0.4) is 0 Å². The van der Waals surface area contributed by atoms with E-state index >= 15 is 0 Å². The number of hydrogen-bond donors (Lipinski definition) is 1. The maximum Gasteiger partial charge on any atom is 0.222 e. The molecule has 1 aliphatic heterocycles. The minimum atomic E-state index is -0.0145. The largest absolute Gasteiger partial charge is 0.493 e. The molecule has 0 spiro atoms. The second-order valence-corrected chi connectivity index (χ2v) is 6.94. The van der Waals surface area contributed by atoms with Gasteiger partial charge in [0.15, 0.2) is 17.3 Å². The third-order valence-electron chi connectivity index (χ3n) is 4.90. The zero-order valence-corrected chi connectivity index (χ0v) is 16.8. The average molecular weight is 376 g/mol. The number of nitrogens with one attached hydrogen (secondary N) is 1. The first-order valence-electron chi connectivity index (χ1n) is 9.88. The lowest BCUT2D eigenvalue weighted by atomic mass is 10.0. The second-order valence-electron chi connectivity index (χ2n) is 6.94. The van der Waals surface area contributed by atoms with E-state index in [2.05, 4.69) is 17.1 Å². The van der Waals surface area contributed by atoms with Gasteiger partial charge in [-0.25, -0.2) is 0 Å². The van der Waals surface area contributed by atoms with Gasteiger partial charge in [-0.3, -0.25) is 9.59 Å². The monoisotopic (exact) mass is 376 g/mol. The van der Waals surface area contributed by atoms with E-state index < -0.39 is 0 Å². The third kappa shape index (κ3) is 6.24. The molecule has 0 aromatic heterocycles. The number of amides is 1. The molecule has 1 aromatic carbocycles. The first-order valence-corrected chi connectivity index (χ1v) is 9.88. The van der Waals surface area contributed by atoms with Gasteiger partial charge in [0.1, 0.15) is 0 Å². The van der Waals surface area contributed by atoms with Crippen molar-refractivity contribution in [2.24, 2.45) is 0 Å². The Hall–Kier alpha value is -2.08. The van der Waals surface area contributed by atoms with Crippen LogP contribution in [0.2, 0.25) is 0 Å². The number of piperidine rings is 1. The summed E-state index contributed by atoms with van der Waals surface area (Å²) in [6.07, 6.45) is 4.18. The highest BCUT2D eigenvalue weighted by Gasteiger charge is 2.24. The van der Waals surface area contributed by atoms with Crippen LogP contribution < -0.4 is 14.8 Å². The van der Waals surface area contributed by atoms with Crippen molar-refractivity contribution in [3.8, 4) is 11.5 Å². The molecular formula is C21H32N2O4. The van der Waals surface area contributed by atoms with Gasteiger partial charge in [-0.15, -0.1) is 0 Å². The molecule has 6 heteroatoms. The Morgan fingerprint density at radius 2 is 1.96 bits per heavy atom. The van der Waals surface area contributed by atoms with Crippen molar-refractivity contribution in [1.82, 2.24) is 10.2 Å². The average Bonchev–Trinajstić information content (AvgIpc) is 2.69. The number of carbonyl (C=O) groups is 2. The number of nitrogens with zero attached hydrogens (tertiary/aromatic N) is 1. The van der Waals surface area contributed by atoms with Gasteiger partial charge in [-0.05, 0) is 63.9 Å². The summed E-state index contributed by atoms with van der Waals surface area (Å²) in [5.74, 6) is 1.33. The SMILES string of the molecule is CCCN(C(=O)CCCOc1ccc(C(C)=O)cc1OC)C1CCNCC1. The molecule has 6 nitrogen and oxygen atoms in total. The molecule has 0 unspecified atom stereocenters. The smallest absolute Gasteiger partial charge is 0.222 e. The van der Waals surface area contributed by atoms with Crippen molar-refractivity contribution in [2.75, 3.05) is 33.4 Å². The van der Waals surface area contributed by atoms with Gasteiger partial charge in [-0.1, -0.05) is 6.92 Å². The van der Waals surface area contributed by atoms with Gasteiger partial charge in [0.25, 0.3) is 0 Å². The van der Waals surface area contributed by atoms with E-state index in [0.717, 1.165) is 38.9 Å². The van der Waals surface area contributed by atoms with Crippen molar-refractivity contribution in [2.45, 2.75) is 52.0 Å². The molecule has 1 N–H and O–H groups in total. The second kappa shape index (κ2) is 10.9. The van der Waals surface area contributed by atoms with Crippen molar-refractivity contribution < 1.29 is 19.1 Å². The number of benzene rings is 1. The minimum Gasteiger partial charge on any atom is -0.493 e. The molecule has 0 saturated carbocycles. The molecule has 0 bridgehead atoms. The molecule has 1 aromatic rings. The van der Waals surface area contributed by atoms with Crippen LogP contribution in [0.15, 0.2) is 18.2 Å². The molecule has 0 aliphatic carbocycles. The van der Waals surface area contributed by atoms with E-state index in [1.165, 1.54) is 6.92 Å². The van der Waals surface area contributed by atoms with Crippen LogP contribution in [-0.4, -0.2) is 56.0 Å². The van der Waals surface area contributed by atoms with Gasteiger partial charge in [0.05, 0.1) is 13.7 Å². The zero-order valence-electron chi connectivity index (χ0n) is 16.8. The van der Waals surface area contributed by atoms with Crippen molar-refractivity contribution >= 4 is 11.7 Å². The Balaban J connectivity index is 1.84. The lowest BCUT2D eigenvalue weighted by Gasteiger charge is -2.34. The van der Waals surface area contributed by atoms with Crippen LogP contribution in [-0.2, 0) is 4.79 Å². The van der Waals surface area contributed by atoms with E-state index in [0.29, 0.717) is 42.6 Å². The maximum atomic E-state index is 12.7. The topological polar surface area (TPSA) is 67.9 Å². The van der Waals surface area contributed by atoms with Gasteiger partial charge in [-0.2, -0.15) is 0 Å². The number of ketones is 1. The predicted octanol–water partition coefficient (Wildman–Crippen LogP) is 3.05. The number of ether oxygens (including phenoxy) is 2. The van der Waals surface area contributed by atoms with Gasteiger partial charge in [0, 0.05) is 24.6 Å². The van der Waals surface area contributed by atoms with E-state index in [4.69, 9.17) is 9.47 Å². The first-order chi connectivity index (χ1) is 13.1. The quantitative estimate of drug-likeness (QED) is 0.502. The van der Waals surface area contributed by atoms with Crippen LogP contribution in [0, 0.1) is 0 Å². The van der Waals surface area contributed by atoms with Crippen LogP contribution in [0.1, 0.15) is 56.3 Å². The number of methoxy groups -OCH3 is 1. The van der Waals surface area contributed by atoms with Gasteiger partial charge < -0.3 is 19.7 Å². The Morgan fingerprint density at radius 1 is 1.22 bits per heavy atom. The lowest BCUT2D eigenvalue weighted by Crippen LogP contribution is -2.46. The Labute approximate surface area is 162 Å². The molecule has 150 valence electrons. The molecule has 1 aliphatic rings. The molecular weight excluding hydrogens is 344 g/mol. The summed E-state index contributed by atoms with van der Waals surface area (Å²) in [4.78, 5) is 26.2. The van der Waals surface area contributed by atoms with E-state index in [-0.39, 0.29) is 11.7 Å². The third-order valence-corrected chi connectivity index (χ3v) is 4.90. The molecule has 0 radical (unpaired) electrons. The van der Waals surface area contributed by atoms with Gasteiger partial charge >= 0.3 is 0 Å². The fourth-order valence-electron chi connectivity index (χ4n) is 3.43. The first kappa shape index (κ1) is 21.2. The molecule has 0 atom stereocenters. The summed E-state index contributed by atoms with van der Waals surface area (Å²) in [5, 5.41) is 3.35.